The molecule has 0 bridgehead atoms. The first kappa shape index (κ1) is 13.7. The predicted molar refractivity (Wildman–Crippen MR) is 78.4 cm³/mol. The molecule has 1 unspecified atom stereocenters. The van der Waals surface area contributed by atoms with Crippen molar-refractivity contribution in [3.8, 4) is 0 Å². The molecule has 2 rings (SSSR count). The van der Waals surface area contributed by atoms with Crippen molar-refractivity contribution in [2.75, 3.05) is 5.32 Å². The number of nitrogens with zero attached hydrogens (tertiary/aromatic N) is 1. The van der Waals surface area contributed by atoms with Crippen molar-refractivity contribution in [3.05, 3.63) is 47.9 Å². The molecule has 0 radical (unpaired) electrons. The highest BCUT2D eigenvalue weighted by Crippen LogP contribution is 2.29. The Labute approximate surface area is 115 Å². The lowest BCUT2D eigenvalue weighted by Gasteiger charge is -2.29. The first-order valence-corrected chi connectivity index (χ1v) is 6.72. The summed E-state index contributed by atoms with van der Waals surface area (Å²) in [5, 5.41) is 7.35. The van der Waals surface area contributed by atoms with Crippen molar-refractivity contribution in [1.29, 1.82) is 0 Å². The van der Waals surface area contributed by atoms with Gasteiger partial charge in [-0.1, -0.05) is 49.3 Å². The molecular weight excluding hydrogens is 236 g/mol. The third-order valence-electron chi connectivity index (χ3n) is 3.52. The van der Waals surface area contributed by atoms with E-state index in [1.54, 1.807) is 6.26 Å². The number of hydrogen-bond acceptors (Lipinski definition) is 3. The van der Waals surface area contributed by atoms with Gasteiger partial charge in [0.1, 0.15) is 12.0 Å². The zero-order valence-electron chi connectivity index (χ0n) is 12.1. The quantitative estimate of drug-likeness (QED) is 0.875. The molecule has 3 nitrogen and oxygen atoms in total. The second-order valence-corrected chi connectivity index (χ2v) is 5.81. The third kappa shape index (κ3) is 3.37. The maximum atomic E-state index is 4.95. The van der Waals surface area contributed by atoms with Crippen LogP contribution in [0.1, 0.15) is 38.4 Å². The highest BCUT2D eigenvalue weighted by molar-refractivity contribution is 5.44. The van der Waals surface area contributed by atoms with E-state index in [9.17, 15) is 0 Å². The topological polar surface area (TPSA) is 38.1 Å². The molecule has 1 N–H and O–H groups in total. The van der Waals surface area contributed by atoms with Gasteiger partial charge in [-0.05, 0) is 31.2 Å². The van der Waals surface area contributed by atoms with Gasteiger partial charge in [0.15, 0.2) is 0 Å². The van der Waals surface area contributed by atoms with Gasteiger partial charge < -0.3 is 9.84 Å². The largest absolute Gasteiger partial charge is 0.378 e. The summed E-state index contributed by atoms with van der Waals surface area (Å²) in [6, 6.07) is 11.0. The molecule has 1 atom stereocenters. The summed E-state index contributed by atoms with van der Waals surface area (Å²) in [6.07, 6.45) is 2.71. The summed E-state index contributed by atoms with van der Waals surface area (Å²) in [6.45, 7) is 8.69. The Morgan fingerprint density at radius 3 is 2.53 bits per heavy atom. The van der Waals surface area contributed by atoms with Crippen LogP contribution in [0.2, 0.25) is 0 Å². The highest BCUT2D eigenvalue weighted by atomic mass is 16.5. The van der Waals surface area contributed by atoms with Gasteiger partial charge >= 0.3 is 0 Å². The van der Waals surface area contributed by atoms with Gasteiger partial charge in [-0.15, -0.1) is 0 Å². The van der Waals surface area contributed by atoms with Crippen LogP contribution in [0.5, 0.6) is 0 Å². The molecule has 2 aromatic rings. The van der Waals surface area contributed by atoms with Crippen LogP contribution in [0.25, 0.3) is 0 Å². The molecule has 102 valence electrons. The molecule has 1 aromatic carbocycles. The van der Waals surface area contributed by atoms with Gasteiger partial charge in [0.2, 0.25) is 0 Å². The molecule has 0 saturated heterocycles. The van der Waals surface area contributed by atoms with E-state index in [1.165, 1.54) is 5.56 Å². The van der Waals surface area contributed by atoms with Crippen LogP contribution >= 0.6 is 0 Å². The highest BCUT2D eigenvalue weighted by Gasteiger charge is 2.23. The second-order valence-electron chi connectivity index (χ2n) is 5.81. The summed E-state index contributed by atoms with van der Waals surface area (Å²) in [4.78, 5) is 0. The lowest BCUT2D eigenvalue weighted by atomic mass is 9.79. The maximum absolute atomic E-state index is 4.95. The van der Waals surface area contributed by atoms with Crippen LogP contribution in [0.15, 0.2) is 41.1 Å². The molecule has 0 aliphatic carbocycles. The van der Waals surface area contributed by atoms with E-state index < -0.39 is 0 Å². The molecule has 1 aromatic heterocycles. The van der Waals surface area contributed by atoms with E-state index in [0.29, 0.717) is 6.04 Å². The Kier molecular flexibility index (Phi) is 3.93. The van der Waals surface area contributed by atoms with Crippen molar-refractivity contribution in [1.82, 2.24) is 5.16 Å². The molecule has 0 aliphatic heterocycles. The van der Waals surface area contributed by atoms with Gasteiger partial charge in [-0.2, -0.15) is 0 Å². The smallest absolute Gasteiger partial charge is 0.147 e. The molecule has 3 heteroatoms. The zero-order valence-corrected chi connectivity index (χ0v) is 12.1. The number of anilines is 1. The fraction of sp³-hybridized carbons (Fsp3) is 0.438. The van der Waals surface area contributed by atoms with E-state index in [1.807, 2.05) is 6.92 Å². The van der Waals surface area contributed by atoms with Crippen LogP contribution in [-0.4, -0.2) is 11.2 Å². The summed E-state index contributed by atoms with van der Waals surface area (Å²) < 4.78 is 4.95. The van der Waals surface area contributed by atoms with Gasteiger partial charge in [0, 0.05) is 6.04 Å². The number of rotatable bonds is 5. The van der Waals surface area contributed by atoms with Gasteiger partial charge in [-0.3, -0.25) is 0 Å². The monoisotopic (exact) mass is 258 g/mol. The predicted octanol–water partition coefficient (Wildman–Crippen LogP) is 4.15. The van der Waals surface area contributed by atoms with Crippen LogP contribution in [0, 0.1) is 6.92 Å². The molecule has 0 amide bonds. The molecule has 0 spiro atoms. The SMILES string of the molecule is Cc1nocc1NC(C)CC(C)(C)c1ccccc1. The molecule has 1 heterocycles. The number of aryl methyl sites for hydroxylation is 1. The maximum Gasteiger partial charge on any atom is 0.147 e. The minimum atomic E-state index is 0.138. The minimum Gasteiger partial charge on any atom is -0.378 e. The third-order valence-corrected chi connectivity index (χ3v) is 3.52. The van der Waals surface area contributed by atoms with Crippen molar-refractivity contribution in [2.24, 2.45) is 0 Å². The summed E-state index contributed by atoms with van der Waals surface area (Å²) in [5.41, 5.74) is 3.39. The first-order chi connectivity index (χ1) is 8.99. The van der Waals surface area contributed by atoms with Crippen LogP contribution in [0.4, 0.5) is 5.69 Å². The molecule has 0 fully saturated rings. The van der Waals surface area contributed by atoms with Gasteiger partial charge in [0.05, 0.1) is 5.69 Å². The number of aromatic nitrogens is 1. The Hall–Kier alpha value is -1.77. The zero-order chi connectivity index (χ0) is 13.9. The number of nitrogens with one attached hydrogen (secondary N) is 1. The van der Waals surface area contributed by atoms with Crippen molar-refractivity contribution in [3.63, 3.8) is 0 Å². The van der Waals surface area contributed by atoms with E-state index in [-0.39, 0.29) is 5.41 Å². The second kappa shape index (κ2) is 5.47. The molecule has 0 aliphatic rings. The van der Waals surface area contributed by atoms with E-state index in [4.69, 9.17) is 4.52 Å². The van der Waals surface area contributed by atoms with E-state index >= 15 is 0 Å². The Morgan fingerprint density at radius 2 is 1.95 bits per heavy atom. The average molecular weight is 258 g/mol. The van der Waals surface area contributed by atoms with E-state index in [0.717, 1.165) is 17.8 Å². The van der Waals surface area contributed by atoms with Crippen LogP contribution < -0.4 is 5.32 Å². The Balaban J connectivity index is 2.02. The Bertz CT molecular complexity index is 517. The van der Waals surface area contributed by atoms with Crippen LogP contribution in [0.3, 0.4) is 0 Å². The van der Waals surface area contributed by atoms with Crippen molar-refractivity contribution in [2.45, 2.75) is 45.6 Å². The fourth-order valence-electron chi connectivity index (χ4n) is 2.52. The van der Waals surface area contributed by atoms with E-state index in [2.05, 4.69) is 61.6 Å². The molecule has 0 saturated carbocycles. The fourth-order valence-corrected chi connectivity index (χ4v) is 2.52. The van der Waals surface area contributed by atoms with Gasteiger partial charge in [0.25, 0.3) is 0 Å². The standard InChI is InChI=1S/C16H22N2O/c1-12(17-15-11-19-18-13(15)2)10-16(3,4)14-8-6-5-7-9-14/h5-9,11-12,17H,10H2,1-4H3. The number of benzene rings is 1. The van der Waals surface area contributed by atoms with Crippen molar-refractivity contribution >= 4 is 5.69 Å². The Morgan fingerprint density at radius 1 is 1.26 bits per heavy atom. The van der Waals surface area contributed by atoms with Crippen LogP contribution in [-0.2, 0) is 5.41 Å². The minimum absolute atomic E-state index is 0.138. The summed E-state index contributed by atoms with van der Waals surface area (Å²) in [7, 11) is 0. The lowest BCUT2D eigenvalue weighted by Crippen LogP contribution is -2.27. The molecular formula is C16H22N2O. The normalized spacial score (nSPS) is 13.3. The van der Waals surface area contributed by atoms with Gasteiger partial charge in [-0.25, -0.2) is 0 Å². The summed E-state index contributed by atoms with van der Waals surface area (Å²) >= 11 is 0. The lowest BCUT2D eigenvalue weighted by molar-refractivity contribution is 0.414. The first-order valence-electron chi connectivity index (χ1n) is 6.72. The van der Waals surface area contributed by atoms with Crippen molar-refractivity contribution < 1.29 is 4.52 Å². The summed E-state index contributed by atoms with van der Waals surface area (Å²) in [5.74, 6) is 0. The molecule has 19 heavy (non-hydrogen) atoms. The number of hydrogen-bond donors (Lipinski definition) is 1. The average Bonchev–Trinajstić information content (AvgIpc) is 2.75.